The Morgan fingerprint density at radius 2 is 1.65 bits per heavy atom. The molecule has 0 unspecified atom stereocenters. The number of hydrogen-bond acceptors (Lipinski definition) is 5. The Kier molecular flexibility index (Phi) is 7.27. The van der Waals surface area contributed by atoms with Crippen LogP contribution in [0.3, 0.4) is 0 Å². The zero-order chi connectivity index (χ0) is 23.2. The van der Waals surface area contributed by atoms with Gasteiger partial charge in [-0.25, -0.2) is 0 Å². The number of alkyl halides is 3. The summed E-state index contributed by atoms with van der Waals surface area (Å²) in [4.78, 5) is 30.1. The van der Waals surface area contributed by atoms with Crippen molar-refractivity contribution in [2.45, 2.75) is 32.7 Å². The Hall–Kier alpha value is -3.56. The van der Waals surface area contributed by atoms with Gasteiger partial charge in [0.15, 0.2) is 0 Å². The van der Waals surface area contributed by atoms with Gasteiger partial charge in [-0.1, -0.05) is 17.3 Å². The largest absolute Gasteiger partial charge is 0.573 e. The van der Waals surface area contributed by atoms with Crippen LogP contribution < -0.4 is 15.4 Å². The third-order valence-electron chi connectivity index (χ3n) is 4.01. The van der Waals surface area contributed by atoms with Gasteiger partial charge in [-0.3, -0.25) is 9.59 Å². The Labute approximate surface area is 177 Å². The van der Waals surface area contributed by atoms with Crippen molar-refractivity contribution in [2.24, 2.45) is 5.16 Å². The highest BCUT2D eigenvalue weighted by molar-refractivity contribution is 6.12. The van der Waals surface area contributed by atoms with Crippen molar-refractivity contribution in [3.63, 3.8) is 0 Å². The Morgan fingerprint density at radius 3 is 2.19 bits per heavy atom. The van der Waals surface area contributed by atoms with Crippen molar-refractivity contribution < 1.29 is 32.3 Å². The summed E-state index contributed by atoms with van der Waals surface area (Å²) in [6, 6.07) is 9.69. The summed E-state index contributed by atoms with van der Waals surface area (Å²) >= 11 is 0. The molecule has 0 saturated heterocycles. The number of anilines is 1. The molecule has 166 valence electrons. The molecule has 7 nitrogen and oxygen atoms in total. The first-order valence-corrected chi connectivity index (χ1v) is 9.09. The van der Waals surface area contributed by atoms with Crippen LogP contribution in [-0.4, -0.2) is 37.0 Å². The van der Waals surface area contributed by atoms with Gasteiger partial charge in [0.25, 0.3) is 11.8 Å². The van der Waals surface area contributed by atoms with E-state index >= 15 is 0 Å². The molecule has 0 aromatic heterocycles. The van der Waals surface area contributed by atoms with Crippen LogP contribution in [0.2, 0.25) is 0 Å². The predicted molar refractivity (Wildman–Crippen MR) is 109 cm³/mol. The van der Waals surface area contributed by atoms with E-state index in [0.29, 0.717) is 5.56 Å². The number of hydrogen-bond donors (Lipinski definition) is 2. The number of benzene rings is 2. The minimum Gasteiger partial charge on any atom is -0.406 e. The molecule has 2 N–H and O–H groups in total. The van der Waals surface area contributed by atoms with E-state index in [1.807, 2.05) is 0 Å². The first-order valence-electron chi connectivity index (χ1n) is 9.09. The van der Waals surface area contributed by atoms with Gasteiger partial charge < -0.3 is 20.2 Å². The molecule has 0 spiro atoms. The van der Waals surface area contributed by atoms with Gasteiger partial charge in [0.1, 0.15) is 12.9 Å². The van der Waals surface area contributed by atoms with Gasteiger partial charge in [-0.15, -0.1) is 13.2 Å². The molecule has 2 amide bonds. The highest BCUT2D eigenvalue weighted by Crippen LogP contribution is 2.27. The van der Waals surface area contributed by atoms with Crippen LogP contribution in [0.1, 0.15) is 40.1 Å². The summed E-state index contributed by atoms with van der Waals surface area (Å²) in [6.07, 6.45) is -3.41. The quantitative estimate of drug-likeness (QED) is 0.500. The molecule has 2 rings (SSSR count). The van der Waals surface area contributed by atoms with Crippen molar-refractivity contribution in [3.05, 3.63) is 59.2 Å². The molecule has 0 bridgehead atoms. The molecule has 0 aliphatic heterocycles. The van der Waals surface area contributed by atoms with E-state index in [4.69, 9.17) is 0 Å². The van der Waals surface area contributed by atoms with Gasteiger partial charge >= 0.3 is 6.36 Å². The number of nitrogens with one attached hydrogen (secondary N) is 2. The summed E-state index contributed by atoms with van der Waals surface area (Å²) in [5, 5.41) is 8.99. The van der Waals surface area contributed by atoms with Crippen LogP contribution in [-0.2, 0) is 4.84 Å². The van der Waals surface area contributed by atoms with Crippen LogP contribution >= 0.6 is 0 Å². The van der Waals surface area contributed by atoms with Crippen LogP contribution in [0, 0.1) is 6.92 Å². The van der Waals surface area contributed by atoms with Gasteiger partial charge in [-0.2, -0.15) is 0 Å². The molecule has 31 heavy (non-hydrogen) atoms. The van der Waals surface area contributed by atoms with Crippen LogP contribution in [0.5, 0.6) is 5.75 Å². The lowest BCUT2D eigenvalue weighted by molar-refractivity contribution is -0.274. The highest BCUT2D eigenvalue weighted by Gasteiger charge is 2.31. The summed E-state index contributed by atoms with van der Waals surface area (Å²) in [5.74, 6) is -1.51. The maximum atomic E-state index is 12.8. The molecule has 2 aromatic rings. The Morgan fingerprint density at radius 1 is 1.03 bits per heavy atom. The topological polar surface area (TPSA) is 89.0 Å². The smallest absolute Gasteiger partial charge is 0.406 e. The number of amides is 2. The zero-order valence-corrected chi connectivity index (χ0v) is 17.3. The molecule has 0 saturated carbocycles. The molecule has 10 heteroatoms. The fraction of sp³-hybridized carbons (Fsp3) is 0.286. The Balaban J connectivity index is 2.22. The minimum absolute atomic E-state index is 0.0921. The number of nitrogens with zero attached hydrogens (tertiary/aromatic N) is 1. The van der Waals surface area contributed by atoms with Crippen LogP contribution in [0.15, 0.2) is 47.6 Å². The molecule has 0 fully saturated rings. The van der Waals surface area contributed by atoms with Gasteiger partial charge in [0.2, 0.25) is 0 Å². The van der Waals surface area contributed by atoms with Gasteiger partial charge in [0, 0.05) is 5.69 Å². The maximum absolute atomic E-state index is 12.8. The molecule has 0 radical (unpaired) electrons. The van der Waals surface area contributed by atoms with Crippen molar-refractivity contribution in [1.82, 2.24) is 5.32 Å². The van der Waals surface area contributed by atoms with Crippen LogP contribution in [0.25, 0.3) is 0 Å². The molecule has 0 heterocycles. The monoisotopic (exact) mass is 437 g/mol. The lowest BCUT2D eigenvalue weighted by Crippen LogP contribution is -2.45. The number of ether oxygens (including phenoxy) is 1. The van der Waals surface area contributed by atoms with E-state index in [-0.39, 0.29) is 16.8 Å². The molecular formula is C21H22F3N3O4. The average molecular weight is 437 g/mol. The predicted octanol–water partition coefficient (Wildman–Crippen LogP) is 4.29. The maximum Gasteiger partial charge on any atom is 0.573 e. The van der Waals surface area contributed by atoms with E-state index in [1.54, 1.807) is 26.0 Å². The molecule has 2 aromatic carbocycles. The fourth-order valence-corrected chi connectivity index (χ4v) is 2.62. The molecule has 0 aliphatic carbocycles. The summed E-state index contributed by atoms with van der Waals surface area (Å²) in [7, 11) is 1.37. The average Bonchev–Trinajstić information content (AvgIpc) is 2.67. The Bertz CT molecular complexity index is 988. The second-order valence-electron chi connectivity index (χ2n) is 7.12. The summed E-state index contributed by atoms with van der Waals surface area (Å²) in [5.41, 5.74) is 0.000927. The number of halogens is 3. The van der Waals surface area contributed by atoms with Crippen molar-refractivity contribution in [1.29, 1.82) is 0 Å². The van der Waals surface area contributed by atoms with E-state index in [2.05, 4.69) is 25.4 Å². The molecular weight excluding hydrogens is 415 g/mol. The number of rotatable bonds is 7. The number of carbonyl (C=O) groups excluding carboxylic acids is 2. The van der Waals surface area contributed by atoms with Crippen LogP contribution in [0.4, 0.5) is 18.9 Å². The van der Waals surface area contributed by atoms with E-state index in [9.17, 15) is 22.8 Å². The summed E-state index contributed by atoms with van der Waals surface area (Å²) < 4.78 is 41.0. The summed E-state index contributed by atoms with van der Waals surface area (Å²) in [6.45, 7) is 4.92. The van der Waals surface area contributed by atoms with Crippen molar-refractivity contribution in [2.75, 3.05) is 12.4 Å². The minimum atomic E-state index is -4.81. The second kappa shape index (κ2) is 9.50. The second-order valence-corrected chi connectivity index (χ2v) is 7.12. The van der Waals surface area contributed by atoms with Gasteiger partial charge in [-0.05, 0) is 56.7 Å². The first-order chi connectivity index (χ1) is 14.4. The van der Waals surface area contributed by atoms with Gasteiger partial charge in [0.05, 0.1) is 22.9 Å². The number of aryl methyl sites for hydroxylation is 1. The third kappa shape index (κ3) is 7.02. The van der Waals surface area contributed by atoms with E-state index < -0.39 is 29.5 Å². The van der Waals surface area contributed by atoms with E-state index in [1.165, 1.54) is 38.4 Å². The lowest BCUT2D eigenvalue weighted by atomic mass is 10.0. The highest BCUT2D eigenvalue weighted by atomic mass is 19.4. The SMILES string of the molecule is CON=CC(C)(C)NC(=O)c1ccccc1C(=O)Nc1ccc(OC(F)(F)F)cc1C. The lowest BCUT2D eigenvalue weighted by Gasteiger charge is -2.21. The third-order valence-corrected chi connectivity index (χ3v) is 4.01. The normalized spacial score (nSPS) is 11.8. The van der Waals surface area contributed by atoms with Crippen molar-refractivity contribution in [3.8, 4) is 5.75 Å². The van der Waals surface area contributed by atoms with Crippen molar-refractivity contribution >= 4 is 23.7 Å². The molecule has 0 atom stereocenters. The zero-order valence-electron chi connectivity index (χ0n) is 17.3. The molecule has 0 aliphatic rings. The fourth-order valence-electron chi connectivity index (χ4n) is 2.62. The number of oxime groups is 1. The first kappa shape index (κ1) is 23.7. The number of carbonyl (C=O) groups is 2. The standard InChI is InChI=1S/C21H22F3N3O4/c1-13-11-14(31-21(22,23)24)9-10-17(13)26-18(28)15-7-5-6-8-16(15)19(29)27-20(2,3)12-25-30-4/h5-12H,1-4H3,(H,26,28)(H,27,29). The van der Waals surface area contributed by atoms with E-state index in [0.717, 1.165) is 12.1 Å².